The third kappa shape index (κ3) is 5.61. The van der Waals surface area contributed by atoms with Crippen molar-refractivity contribution in [2.24, 2.45) is 11.7 Å². The molecule has 1 heterocycles. The average Bonchev–Trinajstić information content (AvgIpc) is 2.78. The first-order valence-electron chi connectivity index (χ1n) is 10.6. The summed E-state index contributed by atoms with van der Waals surface area (Å²) >= 11 is 0. The largest absolute Gasteiger partial charge is 0.573 e. The number of fused-ring (bicyclic) bond motifs is 1. The minimum absolute atomic E-state index is 0.0133. The molecule has 2 aromatic carbocycles. The van der Waals surface area contributed by atoms with E-state index in [-0.39, 0.29) is 35.2 Å². The Morgan fingerprint density at radius 1 is 1.26 bits per heavy atom. The predicted octanol–water partition coefficient (Wildman–Crippen LogP) is 4.42. The van der Waals surface area contributed by atoms with Crippen LogP contribution in [-0.2, 0) is 4.79 Å². The summed E-state index contributed by atoms with van der Waals surface area (Å²) in [5.74, 6) is -4.43. The number of hydrogen-bond donors (Lipinski definition) is 3. The number of rotatable bonds is 7. The maximum absolute atomic E-state index is 13.8. The predicted molar refractivity (Wildman–Crippen MR) is 122 cm³/mol. The molecule has 1 aliphatic heterocycles. The van der Waals surface area contributed by atoms with Crippen molar-refractivity contribution in [3.05, 3.63) is 71.2 Å². The highest BCUT2D eigenvalue weighted by atomic mass is 19.4. The van der Waals surface area contributed by atoms with Crippen LogP contribution in [0.4, 0.5) is 23.2 Å². The summed E-state index contributed by atoms with van der Waals surface area (Å²) in [6, 6.07) is 8.06. The highest BCUT2D eigenvalue weighted by molar-refractivity contribution is 6.05. The number of carbonyl (C=O) groups is 2. The maximum atomic E-state index is 13.8. The lowest BCUT2D eigenvalue weighted by atomic mass is 9.79. The molecule has 0 saturated heterocycles. The first-order chi connectivity index (χ1) is 16.5. The molecule has 35 heavy (non-hydrogen) atoms. The second-order valence-electron chi connectivity index (χ2n) is 8.35. The van der Waals surface area contributed by atoms with E-state index < -0.39 is 35.8 Å². The fraction of sp³-hybridized carbons (Fsp3) is 0.292. The molecule has 0 aromatic heterocycles. The number of hydrogen-bond acceptors (Lipinski definition) is 5. The molecule has 0 fully saturated rings. The van der Waals surface area contributed by atoms with Gasteiger partial charge in [-0.1, -0.05) is 32.0 Å². The third-order valence-electron chi connectivity index (χ3n) is 5.41. The van der Waals surface area contributed by atoms with Crippen molar-refractivity contribution < 1.29 is 31.9 Å². The fourth-order valence-corrected chi connectivity index (χ4v) is 4.08. The van der Waals surface area contributed by atoms with E-state index >= 15 is 0 Å². The number of amides is 2. The molecule has 186 valence electrons. The first kappa shape index (κ1) is 25.7. The zero-order valence-corrected chi connectivity index (χ0v) is 18.9. The summed E-state index contributed by atoms with van der Waals surface area (Å²) in [5, 5.41) is 10.3. The van der Waals surface area contributed by atoms with Crippen molar-refractivity contribution in [1.29, 1.82) is 5.41 Å². The normalized spacial score (nSPS) is 18.3. The van der Waals surface area contributed by atoms with Gasteiger partial charge in [0.05, 0.1) is 12.0 Å². The van der Waals surface area contributed by atoms with Crippen LogP contribution in [0.2, 0.25) is 0 Å². The van der Waals surface area contributed by atoms with Gasteiger partial charge in [0, 0.05) is 41.8 Å². The zero-order chi connectivity index (χ0) is 25.9. The average molecular weight is 492 g/mol. The van der Waals surface area contributed by atoms with Crippen molar-refractivity contribution in [1.82, 2.24) is 4.90 Å². The van der Waals surface area contributed by atoms with Crippen molar-refractivity contribution in [3.8, 4) is 5.75 Å². The molecular weight excluding hydrogens is 468 g/mol. The van der Waals surface area contributed by atoms with Gasteiger partial charge in [0.1, 0.15) is 0 Å². The van der Waals surface area contributed by atoms with Crippen LogP contribution in [0.3, 0.4) is 0 Å². The monoisotopic (exact) mass is 492 g/mol. The lowest BCUT2D eigenvalue weighted by Gasteiger charge is -2.42. The molecule has 7 nitrogen and oxygen atoms in total. The summed E-state index contributed by atoms with van der Waals surface area (Å²) in [4.78, 5) is 28.3. The molecule has 2 amide bonds. The molecule has 2 atom stereocenters. The Labute approximate surface area is 199 Å². The van der Waals surface area contributed by atoms with Crippen molar-refractivity contribution in [2.75, 3.05) is 11.9 Å². The number of nitrogens with zero attached hydrogens (tertiary/aromatic N) is 1. The van der Waals surface area contributed by atoms with Gasteiger partial charge in [-0.25, -0.2) is 4.39 Å². The molecule has 0 bridgehead atoms. The maximum Gasteiger partial charge on any atom is 0.573 e. The van der Waals surface area contributed by atoms with Crippen LogP contribution in [0.5, 0.6) is 5.75 Å². The second kappa shape index (κ2) is 10.2. The summed E-state index contributed by atoms with van der Waals surface area (Å²) < 4.78 is 55.4. The minimum atomic E-state index is -5.13. The Balaban J connectivity index is 2.08. The Morgan fingerprint density at radius 2 is 1.94 bits per heavy atom. The van der Waals surface area contributed by atoms with E-state index in [1.54, 1.807) is 24.3 Å². The molecule has 0 radical (unpaired) electrons. The van der Waals surface area contributed by atoms with Crippen LogP contribution in [0, 0.1) is 17.1 Å². The number of alkyl halides is 3. The molecular formula is C24H24F4N4O3. The first-order valence-corrected chi connectivity index (χ1v) is 10.6. The number of carbonyl (C=O) groups excluding carboxylic acids is 2. The van der Waals surface area contributed by atoms with Crippen molar-refractivity contribution in [3.63, 3.8) is 0 Å². The van der Waals surface area contributed by atoms with Crippen LogP contribution in [0.1, 0.15) is 35.7 Å². The van der Waals surface area contributed by atoms with Gasteiger partial charge >= 0.3 is 6.36 Å². The number of nitrogens with two attached hydrogens (primary N) is 1. The van der Waals surface area contributed by atoms with Crippen LogP contribution in [-0.4, -0.2) is 41.9 Å². The summed E-state index contributed by atoms with van der Waals surface area (Å²) in [7, 11) is 0. The number of nitrogens with one attached hydrogen (secondary N) is 2. The lowest BCUT2D eigenvalue weighted by molar-refractivity contribution is -0.275. The van der Waals surface area contributed by atoms with Gasteiger partial charge in [-0.3, -0.25) is 9.59 Å². The van der Waals surface area contributed by atoms with Crippen LogP contribution >= 0.6 is 0 Å². The van der Waals surface area contributed by atoms with Gasteiger partial charge in [-0.2, -0.15) is 0 Å². The molecule has 0 spiro atoms. The standard InChI is InChI=1S/C24H24F4N4O3/c1-13(2)12-32-21(14(10-29)11-30)20(16-5-3-4-6-17(16)23(32)34)22(33)31-15-7-8-18(25)19(9-15)35-24(26,27)28/h3-11,13,20-21,29H,12,30H2,1-2H3,(H,31,33)/b14-11+,29-10?/t20-,21+/m1/s1. The van der Waals surface area contributed by atoms with Gasteiger partial charge < -0.3 is 26.1 Å². The molecule has 4 N–H and O–H groups in total. The summed E-state index contributed by atoms with van der Waals surface area (Å²) in [6.07, 6.45) is -3.04. The number of benzene rings is 2. The second-order valence-corrected chi connectivity index (χ2v) is 8.35. The van der Waals surface area contributed by atoms with E-state index in [4.69, 9.17) is 11.1 Å². The quantitative estimate of drug-likeness (QED) is 0.393. The highest BCUT2D eigenvalue weighted by Gasteiger charge is 2.44. The number of anilines is 1. The summed E-state index contributed by atoms with van der Waals surface area (Å²) in [6.45, 7) is 4.03. The van der Waals surface area contributed by atoms with E-state index in [1.165, 1.54) is 4.90 Å². The van der Waals surface area contributed by atoms with Crippen LogP contribution in [0.25, 0.3) is 0 Å². The Morgan fingerprint density at radius 3 is 2.54 bits per heavy atom. The molecule has 1 aliphatic rings. The molecule has 0 aliphatic carbocycles. The van der Waals surface area contributed by atoms with Crippen LogP contribution in [0.15, 0.2) is 54.2 Å². The van der Waals surface area contributed by atoms with Crippen molar-refractivity contribution >= 4 is 23.7 Å². The van der Waals surface area contributed by atoms with Crippen LogP contribution < -0.4 is 15.8 Å². The molecule has 2 aromatic rings. The molecule has 3 rings (SSSR count). The topological polar surface area (TPSA) is 109 Å². The van der Waals surface area contributed by atoms with Gasteiger partial charge in [-0.05, 0) is 29.7 Å². The highest BCUT2D eigenvalue weighted by Crippen LogP contribution is 2.38. The molecule has 11 heteroatoms. The van der Waals surface area contributed by atoms with E-state index in [2.05, 4.69) is 10.1 Å². The molecule has 0 saturated carbocycles. The third-order valence-corrected chi connectivity index (χ3v) is 5.41. The lowest BCUT2D eigenvalue weighted by Crippen LogP contribution is -2.53. The fourth-order valence-electron chi connectivity index (χ4n) is 4.08. The molecule has 0 unspecified atom stereocenters. The SMILES string of the molecule is CC(C)CN1C(=O)c2ccccc2[C@@H](C(=O)Nc2ccc(F)c(OC(F)(F)F)c2)[C@@H]1/C(C=N)=C/N. The number of ether oxygens (including phenoxy) is 1. The Bertz CT molecular complexity index is 1160. The Kier molecular flexibility index (Phi) is 7.47. The van der Waals surface area contributed by atoms with E-state index in [0.717, 1.165) is 30.6 Å². The van der Waals surface area contributed by atoms with E-state index in [9.17, 15) is 27.2 Å². The van der Waals surface area contributed by atoms with E-state index in [0.29, 0.717) is 5.56 Å². The smallest absolute Gasteiger partial charge is 0.404 e. The minimum Gasteiger partial charge on any atom is -0.404 e. The number of halogens is 4. The summed E-state index contributed by atoms with van der Waals surface area (Å²) in [5.41, 5.74) is 6.45. The van der Waals surface area contributed by atoms with Gasteiger partial charge in [0.15, 0.2) is 11.6 Å². The van der Waals surface area contributed by atoms with Crippen molar-refractivity contribution in [2.45, 2.75) is 32.2 Å². The van der Waals surface area contributed by atoms with E-state index in [1.807, 2.05) is 13.8 Å². The zero-order valence-electron chi connectivity index (χ0n) is 18.9. The van der Waals surface area contributed by atoms with Gasteiger partial charge in [-0.15, -0.1) is 13.2 Å². The Hall–Kier alpha value is -3.89. The van der Waals surface area contributed by atoms with Gasteiger partial charge in [0.25, 0.3) is 5.91 Å². The van der Waals surface area contributed by atoms with Gasteiger partial charge in [0.2, 0.25) is 5.91 Å².